The summed E-state index contributed by atoms with van der Waals surface area (Å²) in [7, 11) is 0. The van der Waals surface area contributed by atoms with Gasteiger partial charge in [0.05, 0.1) is 5.75 Å². The van der Waals surface area contributed by atoms with Gasteiger partial charge >= 0.3 is 0 Å². The van der Waals surface area contributed by atoms with E-state index in [1.54, 1.807) is 6.07 Å². The normalized spacial score (nSPS) is 15.1. The maximum atomic E-state index is 11.9. The number of aryl methyl sites for hydroxylation is 1. The fourth-order valence-electron chi connectivity index (χ4n) is 1.92. The Morgan fingerprint density at radius 3 is 2.83 bits per heavy atom. The third-order valence-electron chi connectivity index (χ3n) is 2.89. The van der Waals surface area contributed by atoms with Crippen LogP contribution in [0.1, 0.15) is 25.6 Å². The number of nitrogens with zero attached hydrogens (tertiary/aromatic N) is 3. The predicted octanol–water partition coefficient (Wildman–Crippen LogP) is 1.34. The Labute approximate surface area is 111 Å². The highest BCUT2D eigenvalue weighted by Crippen LogP contribution is 2.19. The summed E-state index contributed by atoms with van der Waals surface area (Å²) in [4.78, 5) is 22.3. The monoisotopic (exact) mass is 266 g/mol. The average Bonchev–Trinajstić information content (AvgIpc) is 2.89. The van der Waals surface area contributed by atoms with Crippen LogP contribution in [0.25, 0.3) is 0 Å². The molecule has 2 N–H and O–H groups in total. The van der Waals surface area contributed by atoms with Crippen LogP contribution in [0.15, 0.2) is 11.1 Å². The van der Waals surface area contributed by atoms with E-state index >= 15 is 0 Å². The highest BCUT2D eigenvalue weighted by molar-refractivity contribution is 7.99. The van der Waals surface area contributed by atoms with Crippen molar-refractivity contribution in [2.24, 2.45) is 0 Å². The van der Waals surface area contributed by atoms with E-state index in [2.05, 4.69) is 9.97 Å². The Bertz CT molecular complexity index is 432. The van der Waals surface area contributed by atoms with Gasteiger partial charge in [0.25, 0.3) is 0 Å². The summed E-state index contributed by atoms with van der Waals surface area (Å²) in [6.45, 7) is 3.77. The number of amides is 1. The van der Waals surface area contributed by atoms with Gasteiger partial charge in [-0.25, -0.2) is 9.97 Å². The fourth-order valence-corrected chi connectivity index (χ4v) is 2.75. The number of rotatable bonds is 4. The molecule has 1 saturated heterocycles. The fraction of sp³-hybridized carbons (Fsp3) is 0.583. The van der Waals surface area contributed by atoms with E-state index in [1.807, 2.05) is 11.8 Å². The molecule has 2 rings (SSSR count). The Morgan fingerprint density at radius 2 is 2.17 bits per heavy atom. The van der Waals surface area contributed by atoms with E-state index < -0.39 is 0 Å². The van der Waals surface area contributed by atoms with E-state index in [-0.39, 0.29) is 5.91 Å². The zero-order valence-corrected chi connectivity index (χ0v) is 11.4. The van der Waals surface area contributed by atoms with Crippen LogP contribution in [0.4, 0.5) is 5.82 Å². The molecule has 1 aromatic heterocycles. The van der Waals surface area contributed by atoms with Crippen LogP contribution in [0.2, 0.25) is 0 Å². The summed E-state index contributed by atoms with van der Waals surface area (Å²) in [5, 5.41) is 0.784. The lowest BCUT2D eigenvalue weighted by molar-refractivity contribution is -0.127. The minimum absolute atomic E-state index is 0.188. The molecule has 1 aliphatic heterocycles. The summed E-state index contributed by atoms with van der Waals surface area (Å²) < 4.78 is 0. The van der Waals surface area contributed by atoms with Gasteiger partial charge in [0.15, 0.2) is 0 Å². The maximum Gasteiger partial charge on any atom is 0.232 e. The molecule has 1 aliphatic rings. The minimum atomic E-state index is 0.188. The number of likely N-dealkylation sites (tertiary alicyclic amines) is 1. The van der Waals surface area contributed by atoms with E-state index in [0.717, 1.165) is 43.2 Å². The molecule has 5 nitrogen and oxygen atoms in total. The van der Waals surface area contributed by atoms with Crippen LogP contribution < -0.4 is 5.73 Å². The number of thioether (sulfide) groups is 1. The van der Waals surface area contributed by atoms with Crippen molar-refractivity contribution in [2.45, 2.75) is 31.2 Å². The Morgan fingerprint density at radius 1 is 1.44 bits per heavy atom. The minimum Gasteiger partial charge on any atom is -0.384 e. The number of aromatic nitrogens is 2. The number of hydrogen-bond donors (Lipinski definition) is 1. The largest absolute Gasteiger partial charge is 0.384 e. The van der Waals surface area contributed by atoms with Gasteiger partial charge in [-0.1, -0.05) is 18.7 Å². The van der Waals surface area contributed by atoms with Gasteiger partial charge in [-0.3, -0.25) is 4.79 Å². The van der Waals surface area contributed by atoms with E-state index in [4.69, 9.17) is 5.73 Å². The number of hydrogen-bond acceptors (Lipinski definition) is 5. The van der Waals surface area contributed by atoms with Gasteiger partial charge in [-0.15, -0.1) is 0 Å². The first kappa shape index (κ1) is 13.1. The molecule has 1 amide bonds. The van der Waals surface area contributed by atoms with Crippen LogP contribution in [-0.2, 0) is 11.2 Å². The second-order valence-electron chi connectivity index (χ2n) is 4.28. The number of nitrogen functional groups attached to an aromatic ring is 1. The van der Waals surface area contributed by atoms with Crippen molar-refractivity contribution in [1.29, 1.82) is 0 Å². The lowest BCUT2D eigenvalue weighted by Crippen LogP contribution is -2.29. The molecule has 1 aromatic rings. The summed E-state index contributed by atoms with van der Waals surface area (Å²) in [6, 6.07) is 1.72. The summed E-state index contributed by atoms with van der Waals surface area (Å²) in [6.07, 6.45) is 2.99. The smallest absolute Gasteiger partial charge is 0.232 e. The molecule has 0 radical (unpaired) electrons. The molecule has 0 bridgehead atoms. The highest BCUT2D eigenvalue weighted by atomic mass is 32.2. The number of carbonyl (C=O) groups is 1. The Kier molecular flexibility index (Phi) is 4.41. The first-order valence-electron chi connectivity index (χ1n) is 6.23. The van der Waals surface area contributed by atoms with Crippen LogP contribution >= 0.6 is 11.8 Å². The summed E-state index contributed by atoms with van der Waals surface area (Å²) in [5.74, 6) is 1.82. The molecule has 6 heteroatoms. The van der Waals surface area contributed by atoms with Gasteiger partial charge in [-0.2, -0.15) is 0 Å². The van der Waals surface area contributed by atoms with Crippen molar-refractivity contribution in [3.63, 3.8) is 0 Å². The van der Waals surface area contributed by atoms with Crippen molar-refractivity contribution in [1.82, 2.24) is 14.9 Å². The summed E-state index contributed by atoms with van der Waals surface area (Å²) >= 11 is 1.44. The molecule has 0 atom stereocenters. The first-order chi connectivity index (χ1) is 8.69. The zero-order valence-electron chi connectivity index (χ0n) is 10.6. The lowest BCUT2D eigenvalue weighted by atomic mass is 10.4. The molecule has 0 unspecified atom stereocenters. The molecular formula is C12H18N4OS. The van der Waals surface area contributed by atoms with E-state index in [1.165, 1.54) is 11.8 Å². The van der Waals surface area contributed by atoms with Crippen LogP contribution in [0.3, 0.4) is 0 Å². The van der Waals surface area contributed by atoms with Crippen molar-refractivity contribution in [2.75, 3.05) is 24.6 Å². The van der Waals surface area contributed by atoms with Gasteiger partial charge < -0.3 is 10.6 Å². The van der Waals surface area contributed by atoms with E-state index in [0.29, 0.717) is 11.6 Å². The van der Waals surface area contributed by atoms with Gasteiger partial charge in [0, 0.05) is 25.6 Å². The SMILES string of the molecule is CCc1nc(N)cc(SCC(=O)N2CCCC2)n1. The van der Waals surface area contributed by atoms with E-state index in [9.17, 15) is 4.79 Å². The Balaban J connectivity index is 1.92. The van der Waals surface area contributed by atoms with Crippen LogP contribution in [0.5, 0.6) is 0 Å². The van der Waals surface area contributed by atoms with Crippen molar-refractivity contribution >= 4 is 23.5 Å². The second-order valence-corrected chi connectivity index (χ2v) is 5.27. The maximum absolute atomic E-state index is 11.9. The summed E-state index contributed by atoms with van der Waals surface area (Å²) in [5.41, 5.74) is 5.70. The molecule has 0 spiro atoms. The third kappa shape index (κ3) is 3.35. The van der Waals surface area contributed by atoms with Gasteiger partial charge in [0.1, 0.15) is 16.7 Å². The molecule has 98 valence electrons. The van der Waals surface area contributed by atoms with Crippen LogP contribution in [0, 0.1) is 0 Å². The van der Waals surface area contributed by atoms with Crippen molar-refractivity contribution in [3.8, 4) is 0 Å². The van der Waals surface area contributed by atoms with Gasteiger partial charge in [0.2, 0.25) is 5.91 Å². The average molecular weight is 266 g/mol. The molecule has 2 heterocycles. The standard InChI is InChI=1S/C12H18N4OS/c1-2-10-14-9(13)7-11(15-10)18-8-12(17)16-5-3-4-6-16/h7H,2-6,8H2,1H3,(H2,13,14,15). The third-order valence-corrected chi connectivity index (χ3v) is 3.78. The van der Waals surface area contributed by atoms with Crippen molar-refractivity contribution < 1.29 is 4.79 Å². The zero-order chi connectivity index (χ0) is 13.0. The lowest BCUT2D eigenvalue weighted by Gasteiger charge is -2.14. The topological polar surface area (TPSA) is 72.1 Å². The van der Waals surface area contributed by atoms with Gasteiger partial charge in [-0.05, 0) is 12.8 Å². The number of carbonyl (C=O) groups excluding carboxylic acids is 1. The highest BCUT2D eigenvalue weighted by Gasteiger charge is 2.18. The molecule has 1 fully saturated rings. The molecule has 0 aromatic carbocycles. The van der Waals surface area contributed by atoms with Crippen LogP contribution in [-0.4, -0.2) is 39.6 Å². The Hall–Kier alpha value is -1.30. The predicted molar refractivity (Wildman–Crippen MR) is 72.4 cm³/mol. The van der Waals surface area contributed by atoms with Crippen molar-refractivity contribution in [3.05, 3.63) is 11.9 Å². The molecule has 18 heavy (non-hydrogen) atoms. The second kappa shape index (κ2) is 6.04. The molecule has 0 saturated carbocycles. The molecular weight excluding hydrogens is 248 g/mol. The first-order valence-corrected chi connectivity index (χ1v) is 7.21. The quantitative estimate of drug-likeness (QED) is 0.657. The molecule has 0 aliphatic carbocycles. The number of anilines is 1. The number of nitrogens with two attached hydrogens (primary N) is 1.